The fraction of sp³-hybridized carbons (Fsp3) is 1.00. The van der Waals surface area contributed by atoms with Gasteiger partial charge in [0.05, 0.1) is 0 Å². The number of nitrogens with zero attached hydrogens (tertiary/aromatic N) is 1. The van der Waals surface area contributed by atoms with Gasteiger partial charge >= 0.3 is 0 Å². The quantitative estimate of drug-likeness (QED) is 0.587. The number of unbranched alkanes of at least 4 members (excludes halogenated alkanes) is 1. The van der Waals surface area contributed by atoms with Crippen LogP contribution in [0.3, 0.4) is 0 Å². The Kier molecular flexibility index (Phi) is 5.54. The minimum atomic E-state index is 0.838. The molecule has 0 aromatic rings. The van der Waals surface area contributed by atoms with Gasteiger partial charge in [-0.05, 0) is 45.2 Å². The molecule has 0 aromatic carbocycles. The molecule has 0 saturated carbocycles. The Hall–Kier alpha value is -0.0400. The largest absolute Gasteiger partial charge is 0.301 e. The highest BCUT2D eigenvalue weighted by Gasteiger charge is 2.17. The molecule has 1 aliphatic rings. The first-order chi connectivity index (χ1) is 6.70. The normalized spacial score (nSPS) is 20.6. The van der Waals surface area contributed by atoms with E-state index in [0.717, 1.165) is 12.0 Å². The van der Waals surface area contributed by atoms with Crippen LogP contribution in [0.25, 0.3) is 0 Å². The van der Waals surface area contributed by atoms with Crippen molar-refractivity contribution in [3.63, 3.8) is 0 Å². The topological polar surface area (TPSA) is 3.24 Å². The van der Waals surface area contributed by atoms with Crippen LogP contribution >= 0.6 is 0 Å². The van der Waals surface area contributed by atoms with Crippen LogP contribution in [0.1, 0.15) is 59.3 Å². The lowest BCUT2D eigenvalue weighted by molar-refractivity contribution is 0.241. The summed E-state index contributed by atoms with van der Waals surface area (Å²) in [6.07, 6.45) is 8.53. The summed E-state index contributed by atoms with van der Waals surface area (Å²) in [6, 6.07) is 0.838. The van der Waals surface area contributed by atoms with Crippen molar-refractivity contribution in [1.29, 1.82) is 0 Å². The summed E-state index contributed by atoms with van der Waals surface area (Å²) < 4.78 is 0. The maximum Gasteiger partial charge on any atom is 0.00669 e. The minimum Gasteiger partial charge on any atom is -0.301 e. The van der Waals surface area contributed by atoms with E-state index in [1.165, 1.54) is 51.6 Å². The molecule has 0 spiro atoms. The van der Waals surface area contributed by atoms with E-state index in [4.69, 9.17) is 0 Å². The van der Waals surface area contributed by atoms with E-state index in [2.05, 4.69) is 25.7 Å². The molecule has 84 valence electrons. The molecule has 1 fully saturated rings. The summed E-state index contributed by atoms with van der Waals surface area (Å²) in [7, 11) is 0. The molecular weight excluding hydrogens is 170 g/mol. The second kappa shape index (κ2) is 6.44. The lowest BCUT2D eigenvalue weighted by Crippen LogP contribution is -2.29. The summed E-state index contributed by atoms with van der Waals surface area (Å²) in [5, 5.41) is 0. The fourth-order valence-electron chi connectivity index (χ4n) is 2.36. The molecule has 1 nitrogen and oxygen atoms in total. The van der Waals surface area contributed by atoms with Gasteiger partial charge in [-0.3, -0.25) is 0 Å². The molecular formula is C13H27N. The molecule has 0 bridgehead atoms. The van der Waals surface area contributed by atoms with Gasteiger partial charge in [0.2, 0.25) is 0 Å². The smallest absolute Gasteiger partial charge is 0.00669 e. The van der Waals surface area contributed by atoms with Gasteiger partial charge in [-0.25, -0.2) is 0 Å². The van der Waals surface area contributed by atoms with E-state index in [1.54, 1.807) is 0 Å². The minimum absolute atomic E-state index is 0.838. The van der Waals surface area contributed by atoms with Crippen LogP contribution in [0.2, 0.25) is 0 Å². The monoisotopic (exact) mass is 197 g/mol. The van der Waals surface area contributed by atoms with E-state index < -0.39 is 0 Å². The molecule has 1 saturated heterocycles. The van der Waals surface area contributed by atoms with Crippen molar-refractivity contribution < 1.29 is 0 Å². The van der Waals surface area contributed by atoms with E-state index in [1.807, 2.05) is 0 Å². The molecule has 1 atom stereocenters. The standard InChI is InChI=1S/C13H27N/c1-12(2)8-4-5-9-13(3)14-10-6-7-11-14/h12-13H,4-11H2,1-3H3. The van der Waals surface area contributed by atoms with E-state index in [-0.39, 0.29) is 0 Å². The zero-order valence-corrected chi connectivity index (χ0v) is 10.3. The summed E-state index contributed by atoms with van der Waals surface area (Å²) in [5.41, 5.74) is 0. The average molecular weight is 197 g/mol. The first-order valence-electron chi connectivity index (χ1n) is 6.44. The van der Waals surface area contributed by atoms with Gasteiger partial charge in [0.25, 0.3) is 0 Å². The van der Waals surface area contributed by atoms with Crippen molar-refractivity contribution in [2.45, 2.75) is 65.3 Å². The molecule has 1 heterocycles. The van der Waals surface area contributed by atoms with Crippen LogP contribution in [0.15, 0.2) is 0 Å². The Balaban J connectivity index is 1.99. The van der Waals surface area contributed by atoms with E-state index in [9.17, 15) is 0 Å². The van der Waals surface area contributed by atoms with Gasteiger partial charge in [0.1, 0.15) is 0 Å². The highest BCUT2D eigenvalue weighted by molar-refractivity contribution is 4.72. The Labute approximate surface area is 89.9 Å². The van der Waals surface area contributed by atoms with Crippen LogP contribution < -0.4 is 0 Å². The molecule has 0 amide bonds. The molecule has 0 radical (unpaired) electrons. The molecule has 14 heavy (non-hydrogen) atoms. The predicted octanol–water partition coefficient (Wildman–Crippen LogP) is 3.69. The first-order valence-corrected chi connectivity index (χ1v) is 6.44. The van der Waals surface area contributed by atoms with Gasteiger partial charge in [0.15, 0.2) is 0 Å². The Morgan fingerprint density at radius 3 is 2.07 bits per heavy atom. The predicted molar refractivity (Wildman–Crippen MR) is 63.6 cm³/mol. The molecule has 1 rings (SSSR count). The number of hydrogen-bond donors (Lipinski definition) is 0. The zero-order chi connectivity index (χ0) is 10.4. The average Bonchev–Trinajstić information content (AvgIpc) is 2.64. The lowest BCUT2D eigenvalue weighted by Gasteiger charge is -2.23. The Bertz CT molecular complexity index is 136. The van der Waals surface area contributed by atoms with Gasteiger partial charge < -0.3 is 4.90 Å². The molecule has 1 heteroatoms. The van der Waals surface area contributed by atoms with Crippen molar-refractivity contribution >= 4 is 0 Å². The fourth-order valence-corrected chi connectivity index (χ4v) is 2.36. The van der Waals surface area contributed by atoms with Crippen molar-refractivity contribution in [1.82, 2.24) is 4.90 Å². The summed E-state index contributed by atoms with van der Waals surface area (Å²) in [6.45, 7) is 9.76. The maximum absolute atomic E-state index is 2.66. The maximum atomic E-state index is 2.66. The van der Waals surface area contributed by atoms with Crippen molar-refractivity contribution in [2.24, 2.45) is 5.92 Å². The number of rotatable bonds is 6. The third kappa shape index (κ3) is 4.45. The van der Waals surface area contributed by atoms with E-state index >= 15 is 0 Å². The molecule has 0 aliphatic carbocycles. The summed E-state index contributed by atoms with van der Waals surface area (Å²) in [5.74, 6) is 0.886. The SMILES string of the molecule is CC(C)CCCCC(C)N1CCCC1. The molecule has 1 unspecified atom stereocenters. The number of hydrogen-bond acceptors (Lipinski definition) is 1. The Morgan fingerprint density at radius 2 is 1.50 bits per heavy atom. The van der Waals surface area contributed by atoms with Crippen LogP contribution in [0.5, 0.6) is 0 Å². The van der Waals surface area contributed by atoms with Crippen molar-refractivity contribution in [3.05, 3.63) is 0 Å². The van der Waals surface area contributed by atoms with Crippen LogP contribution in [-0.2, 0) is 0 Å². The molecule has 0 aromatic heterocycles. The van der Waals surface area contributed by atoms with Gasteiger partial charge in [-0.2, -0.15) is 0 Å². The third-order valence-corrected chi connectivity index (χ3v) is 3.42. The van der Waals surface area contributed by atoms with Crippen LogP contribution in [0.4, 0.5) is 0 Å². The highest BCUT2D eigenvalue weighted by Crippen LogP contribution is 2.17. The zero-order valence-electron chi connectivity index (χ0n) is 10.3. The second-order valence-electron chi connectivity index (χ2n) is 5.27. The third-order valence-electron chi connectivity index (χ3n) is 3.42. The van der Waals surface area contributed by atoms with Crippen molar-refractivity contribution in [3.8, 4) is 0 Å². The number of likely N-dealkylation sites (tertiary alicyclic amines) is 1. The van der Waals surface area contributed by atoms with Crippen LogP contribution in [0, 0.1) is 5.92 Å². The summed E-state index contributed by atoms with van der Waals surface area (Å²) >= 11 is 0. The van der Waals surface area contributed by atoms with E-state index in [0.29, 0.717) is 0 Å². The molecule has 0 N–H and O–H groups in total. The van der Waals surface area contributed by atoms with Gasteiger partial charge in [0, 0.05) is 6.04 Å². The summed E-state index contributed by atoms with van der Waals surface area (Å²) in [4.78, 5) is 2.66. The van der Waals surface area contributed by atoms with Crippen molar-refractivity contribution in [2.75, 3.05) is 13.1 Å². The van der Waals surface area contributed by atoms with Gasteiger partial charge in [-0.1, -0.05) is 33.1 Å². The molecule has 1 aliphatic heterocycles. The second-order valence-corrected chi connectivity index (χ2v) is 5.27. The van der Waals surface area contributed by atoms with Gasteiger partial charge in [-0.15, -0.1) is 0 Å². The first kappa shape index (κ1) is 12.0. The highest BCUT2D eigenvalue weighted by atomic mass is 15.2. The Morgan fingerprint density at radius 1 is 0.929 bits per heavy atom. The van der Waals surface area contributed by atoms with Crippen LogP contribution in [-0.4, -0.2) is 24.0 Å². The lowest BCUT2D eigenvalue weighted by atomic mass is 10.0.